The Morgan fingerprint density at radius 2 is 2.06 bits per heavy atom. The number of hydrogen-bond donors (Lipinski definition) is 3. The average Bonchev–Trinajstić information content (AvgIpc) is 2.30. The van der Waals surface area contributed by atoms with Gasteiger partial charge in [0.1, 0.15) is 0 Å². The van der Waals surface area contributed by atoms with Crippen LogP contribution >= 0.6 is 12.6 Å². The third kappa shape index (κ3) is 3.12. The second-order valence-corrected chi connectivity index (χ2v) is 4.30. The molecule has 3 nitrogen and oxygen atoms in total. The van der Waals surface area contributed by atoms with Gasteiger partial charge in [0, 0.05) is 17.4 Å². The first-order valence-corrected chi connectivity index (χ1v) is 5.70. The number of hydrazine groups is 1. The molecular weight excluding hydrogens is 220 g/mol. The van der Waals surface area contributed by atoms with Gasteiger partial charge in [-0.15, -0.1) is 12.6 Å². The van der Waals surface area contributed by atoms with E-state index in [4.69, 9.17) is 0 Å². The number of amides is 1. The van der Waals surface area contributed by atoms with Crippen molar-refractivity contribution in [3.8, 4) is 0 Å². The number of benzene rings is 1. The monoisotopic (exact) mass is 234 g/mol. The maximum absolute atomic E-state index is 10.9. The highest BCUT2D eigenvalue weighted by molar-refractivity contribution is 7.80. The number of rotatable bonds is 2. The van der Waals surface area contributed by atoms with Gasteiger partial charge < -0.3 is 0 Å². The van der Waals surface area contributed by atoms with Crippen molar-refractivity contribution < 1.29 is 4.79 Å². The van der Waals surface area contributed by atoms with Crippen molar-refractivity contribution in [1.82, 2.24) is 10.9 Å². The summed E-state index contributed by atoms with van der Waals surface area (Å²) >= 11 is 4.23. The smallest absolute Gasteiger partial charge is 0.234 e. The van der Waals surface area contributed by atoms with E-state index in [-0.39, 0.29) is 11.9 Å². The standard InChI is InChI=1S/C12H14N2OS/c15-12-8-5-10(13-14-12)4-1-9-2-6-11(16)7-3-9/h1-4,6-7,10,13,16H,5,8H2,(H,14,15)/b4-1+. The van der Waals surface area contributed by atoms with E-state index in [1.165, 1.54) is 0 Å². The minimum atomic E-state index is 0.0593. The summed E-state index contributed by atoms with van der Waals surface area (Å²) in [6.45, 7) is 0. The largest absolute Gasteiger partial charge is 0.291 e. The molecule has 2 rings (SSSR count). The van der Waals surface area contributed by atoms with Crippen molar-refractivity contribution in [1.29, 1.82) is 0 Å². The Bertz CT molecular complexity index is 390. The fourth-order valence-corrected chi connectivity index (χ4v) is 1.70. The first-order valence-electron chi connectivity index (χ1n) is 5.25. The summed E-state index contributed by atoms with van der Waals surface area (Å²) in [5.74, 6) is 0.0593. The molecular formula is C12H14N2OS. The van der Waals surface area contributed by atoms with Crippen LogP contribution in [0.25, 0.3) is 6.08 Å². The van der Waals surface area contributed by atoms with Crippen LogP contribution in [-0.4, -0.2) is 11.9 Å². The van der Waals surface area contributed by atoms with Gasteiger partial charge >= 0.3 is 0 Å². The highest BCUT2D eigenvalue weighted by Crippen LogP contribution is 2.10. The SMILES string of the molecule is O=C1CCC(/C=C/c2ccc(S)cc2)NN1. The van der Waals surface area contributed by atoms with E-state index >= 15 is 0 Å². The zero-order valence-electron chi connectivity index (χ0n) is 8.81. The van der Waals surface area contributed by atoms with Crippen LogP contribution in [0.4, 0.5) is 0 Å². The molecule has 0 radical (unpaired) electrons. The van der Waals surface area contributed by atoms with E-state index in [2.05, 4.69) is 29.6 Å². The number of nitrogens with one attached hydrogen (secondary N) is 2. The molecule has 0 bridgehead atoms. The lowest BCUT2D eigenvalue weighted by atomic mass is 10.1. The van der Waals surface area contributed by atoms with E-state index in [9.17, 15) is 4.79 Å². The maximum atomic E-state index is 10.9. The fourth-order valence-electron chi connectivity index (χ4n) is 1.55. The molecule has 0 spiro atoms. The molecule has 1 heterocycles. The van der Waals surface area contributed by atoms with E-state index in [0.717, 1.165) is 16.9 Å². The van der Waals surface area contributed by atoms with Gasteiger partial charge in [-0.3, -0.25) is 10.2 Å². The van der Waals surface area contributed by atoms with Gasteiger partial charge in [-0.05, 0) is 24.1 Å². The third-order valence-electron chi connectivity index (χ3n) is 2.49. The lowest BCUT2D eigenvalue weighted by molar-refractivity contribution is -0.123. The lowest BCUT2D eigenvalue weighted by Gasteiger charge is -2.20. The first-order chi connectivity index (χ1) is 7.74. The van der Waals surface area contributed by atoms with Crippen LogP contribution in [-0.2, 0) is 4.79 Å². The van der Waals surface area contributed by atoms with Crippen LogP contribution in [0.2, 0.25) is 0 Å². The number of carbonyl (C=O) groups excluding carboxylic acids is 1. The number of hydrogen-bond acceptors (Lipinski definition) is 3. The van der Waals surface area contributed by atoms with E-state index in [0.29, 0.717) is 6.42 Å². The molecule has 1 saturated heterocycles. The molecule has 0 saturated carbocycles. The molecule has 0 aromatic heterocycles. The summed E-state index contributed by atoms with van der Waals surface area (Å²) in [4.78, 5) is 11.9. The van der Waals surface area contributed by atoms with Crippen molar-refractivity contribution in [3.05, 3.63) is 35.9 Å². The average molecular weight is 234 g/mol. The molecule has 1 aromatic rings. The van der Waals surface area contributed by atoms with Crippen molar-refractivity contribution in [3.63, 3.8) is 0 Å². The topological polar surface area (TPSA) is 41.1 Å². The molecule has 1 aromatic carbocycles. The number of carbonyl (C=O) groups is 1. The van der Waals surface area contributed by atoms with Gasteiger partial charge in [-0.2, -0.15) is 0 Å². The summed E-state index contributed by atoms with van der Waals surface area (Å²) < 4.78 is 0. The van der Waals surface area contributed by atoms with Crippen LogP contribution in [0.15, 0.2) is 35.2 Å². The molecule has 1 aliphatic rings. The van der Waals surface area contributed by atoms with Crippen molar-refractivity contribution in [2.45, 2.75) is 23.8 Å². The van der Waals surface area contributed by atoms with Crippen molar-refractivity contribution >= 4 is 24.6 Å². The van der Waals surface area contributed by atoms with Crippen LogP contribution in [0.3, 0.4) is 0 Å². The van der Waals surface area contributed by atoms with E-state index in [1.54, 1.807) is 0 Å². The van der Waals surface area contributed by atoms with Gasteiger partial charge in [0.05, 0.1) is 0 Å². The van der Waals surface area contributed by atoms with Crippen LogP contribution in [0, 0.1) is 0 Å². The highest BCUT2D eigenvalue weighted by Gasteiger charge is 2.13. The Morgan fingerprint density at radius 3 is 2.69 bits per heavy atom. The van der Waals surface area contributed by atoms with Gasteiger partial charge in [-0.1, -0.05) is 24.3 Å². The highest BCUT2D eigenvalue weighted by atomic mass is 32.1. The minimum absolute atomic E-state index is 0.0593. The van der Waals surface area contributed by atoms with Gasteiger partial charge in [-0.25, -0.2) is 5.43 Å². The third-order valence-corrected chi connectivity index (χ3v) is 2.79. The summed E-state index contributed by atoms with van der Waals surface area (Å²) in [5, 5.41) is 0. The molecule has 1 aliphatic heterocycles. The Hall–Kier alpha value is -1.26. The second-order valence-electron chi connectivity index (χ2n) is 3.79. The molecule has 2 N–H and O–H groups in total. The zero-order valence-corrected chi connectivity index (χ0v) is 9.71. The first kappa shape index (κ1) is 11.2. The van der Waals surface area contributed by atoms with Crippen molar-refractivity contribution in [2.75, 3.05) is 0 Å². The normalized spacial score (nSPS) is 21.1. The maximum Gasteiger partial charge on any atom is 0.234 e. The molecule has 84 valence electrons. The predicted octanol–water partition coefficient (Wildman–Crippen LogP) is 1.77. The van der Waals surface area contributed by atoms with Gasteiger partial charge in [0.15, 0.2) is 0 Å². The quantitative estimate of drug-likeness (QED) is 0.683. The molecule has 1 amide bonds. The van der Waals surface area contributed by atoms with Crippen LogP contribution < -0.4 is 10.9 Å². The summed E-state index contributed by atoms with van der Waals surface area (Å²) in [6, 6.07) is 8.16. The van der Waals surface area contributed by atoms with Crippen LogP contribution in [0.5, 0.6) is 0 Å². The molecule has 1 atom stereocenters. The number of thiol groups is 1. The van der Waals surface area contributed by atoms with Gasteiger partial charge in [0.2, 0.25) is 5.91 Å². The fraction of sp³-hybridized carbons (Fsp3) is 0.250. The Kier molecular flexibility index (Phi) is 3.64. The molecule has 0 aliphatic carbocycles. The van der Waals surface area contributed by atoms with Crippen molar-refractivity contribution in [2.24, 2.45) is 0 Å². The Balaban J connectivity index is 1.93. The summed E-state index contributed by atoms with van der Waals surface area (Å²) in [6.07, 6.45) is 5.53. The minimum Gasteiger partial charge on any atom is -0.291 e. The van der Waals surface area contributed by atoms with Crippen LogP contribution in [0.1, 0.15) is 18.4 Å². The summed E-state index contributed by atoms with van der Waals surface area (Å²) in [5.41, 5.74) is 6.71. The Labute approximate surface area is 100 Å². The molecule has 16 heavy (non-hydrogen) atoms. The second kappa shape index (κ2) is 5.18. The Morgan fingerprint density at radius 1 is 1.31 bits per heavy atom. The van der Waals surface area contributed by atoms with E-state index < -0.39 is 0 Å². The molecule has 1 fully saturated rings. The molecule has 4 heteroatoms. The lowest BCUT2D eigenvalue weighted by Crippen LogP contribution is -2.48. The molecule has 1 unspecified atom stereocenters. The summed E-state index contributed by atoms with van der Waals surface area (Å²) in [7, 11) is 0. The predicted molar refractivity (Wildman–Crippen MR) is 67.0 cm³/mol. The van der Waals surface area contributed by atoms with Gasteiger partial charge in [0.25, 0.3) is 0 Å². The van der Waals surface area contributed by atoms with E-state index in [1.807, 2.05) is 30.3 Å². The zero-order chi connectivity index (χ0) is 11.4.